The first-order valence-corrected chi connectivity index (χ1v) is 5.84. The normalized spacial score (nSPS) is 15.4. The summed E-state index contributed by atoms with van der Waals surface area (Å²) in [5.74, 6) is 0.258. The number of thiol groups is 1. The number of halogens is 3. The highest BCUT2D eigenvalue weighted by Gasteiger charge is 2.36. The van der Waals surface area contributed by atoms with Crippen LogP contribution in [0.25, 0.3) is 0 Å². The highest BCUT2D eigenvalue weighted by atomic mass is 32.1. The molecule has 4 N–H and O–H groups in total. The van der Waals surface area contributed by atoms with Gasteiger partial charge in [0.1, 0.15) is 6.10 Å². The summed E-state index contributed by atoms with van der Waals surface area (Å²) in [4.78, 5) is 0. The molecule has 3 nitrogen and oxygen atoms in total. The van der Waals surface area contributed by atoms with Crippen molar-refractivity contribution in [1.82, 2.24) is 0 Å². The van der Waals surface area contributed by atoms with Crippen LogP contribution < -0.4 is 5.73 Å². The number of aliphatic hydroxyl groups excluding tert-OH is 2. The number of rotatable bonds is 4. The van der Waals surface area contributed by atoms with Crippen LogP contribution in [0.5, 0.6) is 0 Å². The van der Waals surface area contributed by atoms with Crippen molar-refractivity contribution in [3.63, 3.8) is 0 Å². The second-order valence-corrected chi connectivity index (χ2v) is 4.32. The molecule has 0 saturated heterocycles. The van der Waals surface area contributed by atoms with Crippen LogP contribution in [0.15, 0.2) is 18.2 Å². The van der Waals surface area contributed by atoms with Crippen molar-refractivity contribution < 1.29 is 23.4 Å². The van der Waals surface area contributed by atoms with E-state index in [4.69, 9.17) is 5.73 Å². The van der Waals surface area contributed by atoms with Gasteiger partial charge in [0.2, 0.25) is 0 Å². The molecule has 0 heterocycles. The molecule has 1 aromatic rings. The zero-order chi connectivity index (χ0) is 13.9. The van der Waals surface area contributed by atoms with E-state index >= 15 is 0 Å². The molecule has 102 valence electrons. The molecule has 0 spiro atoms. The van der Waals surface area contributed by atoms with E-state index < -0.39 is 23.9 Å². The van der Waals surface area contributed by atoms with E-state index in [9.17, 15) is 23.4 Å². The van der Waals surface area contributed by atoms with Crippen molar-refractivity contribution in [1.29, 1.82) is 0 Å². The summed E-state index contributed by atoms with van der Waals surface area (Å²) in [5.41, 5.74) is 3.83. The molecule has 1 aromatic carbocycles. The summed E-state index contributed by atoms with van der Waals surface area (Å²) in [5, 5.41) is 19.3. The van der Waals surface area contributed by atoms with E-state index in [1.54, 1.807) is 0 Å². The lowest BCUT2D eigenvalue weighted by molar-refractivity contribution is -0.139. The van der Waals surface area contributed by atoms with Gasteiger partial charge in [0.05, 0.1) is 11.7 Å². The Balaban J connectivity index is 3.15. The van der Waals surface area contributed by atoms with E-state index in [0.29, 0.717) is 0 Å². The summed E-state index contributed by atoms with van der Waals surface area (Å²) in [6, 6.07) is 3.07. The molecule has 1 rings (SSSR count). The quantitative estimate of drug-likeness (QED) is 0.504. The fraction of sp³-hybridized carbons (Fsp3) is 0.455. The number of benzene rings is 1. The van der Waals surface area contributed by atoms with Crippen LogP contribution in [0, 0.1) is 0 Å². The Morgan fingerprint density at radius 3 is 2.39 bits per heavy atom. The van der Waals surface area contributed by atoms with Gasteiger partial charge < -0.3 is 15.9 Å². The summed E-state index contributed by atoms with van der Waals surface area (Å²) in [6.45, 7) is 0. The number of nitrogens with two attached hydrogens (primary N) is 1. The average molecular weight is 281 g/mol. The van der Waals surface area contributed by atoms with Gasteiger partial charge in [0, 0.05) is 5.69 Å². The van der Waals surface area contributed by atoms with Crippen molar-refractivity contribution in [3.8, 4) is 0 Å². The fourth-order valence-corrected chi connectivity index (χ4v) is 1.84. The van der Waals surface area contributed by atoms with Crippen molar-refractivity contribution >= 4 is 18.3 Å². The predicted octanol–water partition coefficient (Wildman–Crippen LogP) is 2.00. The summed E-state index contributed by atoms with van der Waals surface area (Å²) >= 11 is 3.85. The maximum absolute atomic E-state index is 12.8. The molecule has 18 heavy (non-hydrogen) atoms. The molecule has 2 unspecified atom stereocenters. The van der Waals surface area contributed by atoms with Crippen molar-refractivity contribution in [3.05, 3.63) is 29.3 Å². The number of nitrogen functional groups attached to an aromatic ring is 1. The Labute approximate surface area is 108 Å². The fourth-order valence-electron chi connectivity index (χ4n) is 1.57. The smallest absolute Gasteiger partial charge is 0.399 e. The highest BCUT2D eigenvalue weighted by Crippen LogP contribution is 2.37. The molecule has 0 bridgehead atoms. The minimum atomic E-state index is -4.63. The van der Waals surface area contributed by atoms with Crippen LogP contribution >= 0.6 is 12.6 Å². The van der Waals surface area contributed by atoms with Gasteiger partial charge in [-0.2, -0.15) is 25.8 Å². The Morgan fingerprint density at radius 1 is 1.28 bits per heavy atom. The van der Waals surface area contributed by atoms with Gasteiger partial charge in [0.25, 0.3) is 0 Å². The number of hydrogen-bond donors (Lipinski definition) is 4. The lowest BCUT2D eigenvalue weighted by atomic mass is 9.96. The molecule has 2 atom stereocenters. The molecule has 0 radical (unpaired) electrons. The third kappa shape index (κ3) is 3.54. The van der Waals surface area contributed by atoms with Gasteiger partial charge in [-0.1, -0.05) is 6.07 Å². The number of hydrogen-bond acceptors (Lipinski definition) is 4. The van der Waals surface area contributed by atoms with E-state index in [1.165, 1.54) is 6.07 Å². The van der Waals surface area contributed by atoms with E-state index in [-0.39, 0.29) is 23.4 Å². The van der Waals surface area contributed by atoms with E-state index in [2.05, 4.69) is 12.6 Å². The zero-order valence-electron chi connectivity index (χ0n) is 9.35. The SMILES string of the molecule is Nc1ccc(C(O)C(O)CCS)c(C(F)(F)F)c1. The van der Waals surface area contributed by atoms with Crippen LogP contribution in [-0.4, -0.2) is 22.1 Å². The maximum atomic E-state index is 12.8. The van der Waals surface area contributed by atoms with Gasteiger partial charge in [-0.05, 0) is 29.9 Å². The van der Waals surface area contributed by atoms with Gasteiger partial charge >= 0.3 is 6.18 Å². The molecular weight excluding hydrogens is 267 g/mol. The minimum Gasteiger partial charge on any atom is -0.399 e. The molecular formula is C11H14F3NO2S. The third-order valence-electron chi connectivity index (χ3n) is 2.49. The van der Waals surface area contributed by atoms with Gasteiger partial charge in [-0.15, -0.1) is 0 Å². The minimum absolute atomic E-state index is 0.0537. The number of alkyl halides is 3. The van der Waals surface area contributed by atoms with Crippen LogP contribution in [-0.2, 0) is 6.18 Å². The maximum Gasteiger partial charge on any atom is 0.416 e. The van der Waals surface area contributed by atoms with Crippen LogP contribution in [0.1, 0.15) is 23.7 Å². The van der Waals surface area contributed by atoms with Gasteiger partial charge in [-0.3, -0.25) is 0 Å². The Bertz CT molecular complexity index is 412. The molecule has 0 aliphatic carbocycles. The second-order valence-electron chi connectivity index (χ2n) is 3.87. The molecule has 0 aliphatic heterocycles. The first-order chi connectivity index (χ1) is 8.27. The van der Waals surface area contributed by atoms with Crippen LogP contribution in [0.2, 0.25) is 0 Å². The zero-order valence-corrected chi connectivity index (χ0v) is 10.2. The predicted molar refractivity (Wildman–Crippen MR) is 65.3 cm³/mol. The summed E-state index contributed by atoms with van der Waals surface area (Å²) < 4.78 is 38.3. The molecule has 0 aromatic heterocycles. The molecule has 0 aliphatic rings. The first kappa shape index (κ1) is 15.1. The lowest BCUT2D eigenvalue weighted by Crippen LogP contribution is -2.22. The Morgan fingerprint density at radius 2 is 1.89 bits per heavy atom. The molecule has 7 heteroatoms. The Kier molecular flexibility index (Phi) is 4.89. The average Bonchev–Trinajstić information content (AvgIpc) is 2.27. The topological polar surface area (TPSA) is 66.5 Å². The second kappa shape index (κ2) is 5.81. The first-order valence-electron chi connectivity index (χ1n) is 5.21. The monoisotopic (exact) mass is 281 g/mol. The standard InChI is InChI=1S/C11H14F3NO2S/c12-11(13,14)8-5-6(15)1-2-7(8)10(17)9(16)3-4-18/h1-2,5,9-10,16-18H,3-4,15H2. The summed E-state index contributed by atoms with van der Waals surface area (Å²) in [7, 11) is 0. The van der Waals surface area contributed by atoms with E-state index in [0.717, 1.165) is 12.1 Å². The van der Waals surface area contributed by atoms with Crippen LogP contribution in [0.3, 0.4) is 0 Å². The Hall–Kier alpha value is -0.920. The molecule has 0 amide bonds. The highest BCUT2D eigenvalue weighted by molar-refractivity contribution is 7.80. The number of aliphatic hydroxyl groups is 2. The van der Waals surface area contributed by atoms with Gasteiger partial charge in [-0.25, -0.2) is 0 Å². The van der Waals surface area contributed by atoms with E-state index in [1.807, 2.05) is 0 Å². The van der Waals surface area contributed by atoms with Crippen molar-refractivity contribution in [2.75, 3.05) is 11.5 Å². The molecule has 0 saturated carbocycles. The largest absolute Gasteiger partial charge is 0.416 e. The summed E-state index contributed by atoms with van der Waals surface area (Å²) in [6.07, 6.45) is -7.46. The number of anilines is 1. The molecule has 0 fully saturated rings. The van der Waals surface area contributed by atoms with Crippen LogP contribution in [0.4, 0.5) is 18.9 Å². The van der Waals surface area contributed by atoms with Crippen molar-refractivity contribution in [2.24, 2.45) is 0 Å². The third-order valence-corrected chi connectivity index (χ3v) is 2.75. The van der Waals surface area contributed by atoms with Crippen molar-refractivity contribution in [2.45, 2.75) is 24.8 Å². The van der Waals surface area contributed by atoms with Gasteiger partial charge in [0.15, 0.2) is 0 Å². The lowest BCUT2D eigenvalue weighted by Gasteiger charge is -2.21.